The Balaban J connectivity index is 1.60. The maximum Gasteiger partial charge on any atom is 0.217 e. The van der Waals surface area contributed by atoms with E-state index in [1.165, 1.54) is 24.8 Å². The highest BCUT2D eigenvalue weighted by Gasteiger charge is 2.21. The lowest BCUT2D eigenvalue weighted by Crippen LogP contribution is -2.33. The second kappa shape index (κ2) is 7.64. The molecule has 1 aliphatic heterocycles. The first-order valence-corrected chi connectivity index (χ1v) is 8.76. The summed E-state index contributed by atoms with van der Waals surface area (Å²) < 4.78 is 13.3. The molecule has 0 aliphatic carbocycles. The molecule has 0 spiro atoms. The molecule has 1 saturated heterocycles. The van der Waals surface area contributed by atoms with Gasteiger partial charge in [0.05, 0.1) is 6.04 Å². The number of carbonyl (C=O) groups excluding carboxylic acids is 1. The molecule has 1 aromatic carbocycles. The number of pyridine rings is 1. The normalized spacial score (nSPS) is 16.5. The molecule has 3 rings (SSSR count). The fourth-order valence-electron chi connectivity index (χ4n) is 3.51. The van der Waals surface area contributed by atoms with E-state index in [0.29, 0.717) is 5.92 Å². The summed E-state index contributed by atoms with van der Waals surface area (Å²) >= 11 is 0. The van der Waals surface area contributed by atoms with Crippen molar-refractivity contribution in [1.82, 2.24) is 10.3 Å². The molecule has 0 saturated carbocycles. The molecule has 0 bridgehead atoms. The van der Waals surface area contributed by atoms with Crippen molar-refractivity contribution in [3.63, 3.8) is 0 Å². The topological polar surface area (TPSA) is 45.2 Å². The van der Waals surface area contributed by atoms with Gasteiger partial charge in [-0.2, -0.15) is 4.39 Å². The van der Waals surface area contributed by atoms with E-state index in [0.717, 1.165) is 37.2 Å². The molecule has 1 aromatic heterocycles. The standard InChI is InChI=1S/C20H24FN3O/c1-14(23-15(2)25)16-3-5-17(6-4-16)18-8-11-24(12-9-18)19-7-10-22-20(21)13-19/h3-7,10,13-14,18H,8-9,11-12H2,1-2H3,(H,23,25). The SMILES string of the molecule is CC(=O)NC(C)c1ccc(C2CCN(c3ccnc(F)c3)CC2)cc1. The first kappa shape index (κ1) is 17.4. The predicted molar refractivity (Wildman–Crippen MR) is 97.1 cm³/mol. The summed E-state index contributed by atoms with van der Waals surface area (Å²) in [5.74, 6) is 0.0769. The highest BCUT2D eigenvalue weighted by molar-refractivity contribution is 5.73. The van der Waals surface area contributed by atoms with Gasteiger partial charge in [-0.05, 0) is 42.9 Å². The molecule has 1 aliphatic rings. The molecule has 1 atom stereocenters. The summed E-state index contributed by atoms with van der Waals surface area (Å²) in [7, 11) is 0. The molecule has 1 amide bonds. The Morgan fingerprint density at radius 3 is 2.52 bits per heavy atom. The highest BCUT2D eigenvalue weighted by Crippen LogP contribution is 2.31. The van der Waals surface area contributed by atoms with Gasteiger partial charge in [0.1, 0.15) is 0 Å². The smallest absolute Gasteiger partial charge is 0.217 e. The van der Waals surface area contributed by atoms with E-state index in [-0.39, 0.29) is 11.9 Å². The molecule has 2 heterocycles. The molecular weight excluding hydrogens is 317 g/mol. The van der Waals surface area contributed by atoms with Gasteiger partial charge in [0.15, 0.2) is 0 Å². The second-order valence-electron chi connectivity index (χ2n) is 6.69. The minimum atomic E-state index is -0.427. The van der Waals surface area contributed by atoms with E-state index in [1.807, 2.05) is 13.0 Å². The lowest BCUT2D eigenvalue weighted by Gasteiger charge is -2.34. The molecule has 1 fully saturated rings. The van der Waals surface area contributed by atoms with Gasteiger partial charge < -0.3 is 10.2 Å². The summed E-state index contributed by atoms with van der Waals surface area (Å²) in [5.41, 5.74) is 3.36. The monoisotopic (exact) mass is 341 g/mol. The summed E-state index contributed by atoms with van der Waals surface area (Å²) in [4.78, 5) is 17.0. The van der Waals surface area contributed by atoms with Crippen LogP contribution in [0.4, 0.5) is 10.1 Å². The predicted octanol–water partition coefficient (Wildman–Crippen LogP) is 3.80. The Hall–Kier alpha value is -2.43. The Morgan fingerprint density at radius 1 is 1.24 bits per heavy atom. The van der Waals surface area contributed by atoms with E-state index in [2.05, 4.69) is 39.5 Å². The molecule has 4 nitrogen and oxygen atoms in total. The van der Waals surface area contributed by atoms with Gasteiger partial charge in [-0.15, -0.1) is 0 Å². The summed E-state index contributed by atoms with van der Waals surface area (Å²) in [6, 6.07) is 11.9. The molecule has 25 heavy (non-hydrogen) atoms. The third-order valence-corrected chi connectivity index (χ3v) is 4.90. The molecule has 5 heteroatoms. The number of nitrogens with zero attached hydrogens (tertiary/aromatic N) is 2. The van der Waals surface area contributed by atoms with Gasteiger partial charge in [0.2, 0.25) is 11.9 Å². The van der Waals surface area contributed by atoms with E-state index < -0.39 is 5.95 Å². The quantitative estimate of drug-likeness (QED) is 0.860. The number of piperidine rings is 1. The van der Waals surface area contributed by atoms with Crippen LogP contribution in [0.1, 0.15) is 49.8 Å². The fraction of sp³-hybridized carbons (Fsp3) is 0.400. The van der Waals surface area contributed by atoms with Gasteiger partial charge in [0.25, 0.3) is 0 Å². The van der Waals surface area contributed by atoms with Crippen LogP contribution in [-0.4, -0.2) is 24.0 Å². The zero-order valence-electron chi connectivity index (χ0n) is 14.7. The number of rotatable bonds is 4. The van der Waals surface area contributed by atoms with Gasteiger partial charge in [-0.3, -0.25) is 4.79 Å². The van der Waals surface area contributed by atoms with E-state index in [9.17, 15) is 9.18 Å². The van der Waals surface area contributed by atoms with Crippen molar-refractivity contribution < 1.29 is 9.18 Å². The first-order valence-electron chi connectivity index (χ1n) is 8.76. The Labute approximate surface area is 148 Å². The molecular formula is C20H24FN3O. The number of nitrogens with one attached hydrogen (secondary N) is 1. The molecule has 0 radical (unpaired) electrons. The largest absolute Gasteiger partial charge is 0.371 e. The van der Waals surface area contributed by atoms with Crippen LogP contribution in [0.3, 0.4) is 0 Å². The molecule has 1 N–H and O–H groups in total. The van der Waals surface area contributed by atoms with Crippen molar-refractivity contribution in [3.8, 4) is 0 Å². The van der Waals surface area contributed by atoms with Gasteiger partial charge in [-0.1, -0.05) is 24.3 Å². The molecule has 132 valence electrons. The van der Waals surface area contributed by atoms with E-state index in [1.54, 1.807) is 0 Å². The summed E-state index contributed by atoms with van der Waals surface area (Å²) in [5, 5.41) is 2.91. The average Bonchev–Trinajstić information content (AvgIpc) is 2.61. The third kappa shape index (κ3) is 4.35. The number of hydrogen-bond donors (Lipinski definition) is 1. The maximum absolute atomic E-state index is 13.3. The number of benzene rings is 1. The first-order chi connectivity index (χ1) is 12.0. The summed E-state index contributed by atoms with van der Waals surface area (Å²) in [6.45, 7) is 5.35. The van der Waals surface area contributed by atoms with Crippen molar-refractivity contribution in [3.05, 3.63) is 59.7 Å². The minimum absolute atomic E-state index is 0.0171. The zero-order valence-corrected chi connectivity index (χ0v) is 14.7. The van der Waals surface area contributed by atoms with Gasteiger partial charge in [-0.25, -0.2) is 4.98 Å². The number of anilines is 1. The highest BCUT2D eigenvalue weighted by atomic mass is 19.1. The lowest BCUT2D eigenvalue weighted by atomic mass is 9.88. The van der Waals surface area contributed by atoms with Crippen molar-refractivity contribution in [2.75, 3.05) is 18.0 Å². The van der Waals surface area contributed by atoms with Crippen LogP contribution in [0.2, 0.25) is 0 Å². The molecule has 2 aromatic rings. The third-order valence-electron chi connectivity index (χ3n) is 4.90. The van der Waals surface area contributed by atoms with Gasteiger partial charge in [0, 0.05) is 38.0 Å². The minimum Gasteiger partial charge on any atom is -0.371 e. The van der Waals surface area contributed by atoms with E-state index in [4.69, 9.17) is 0 Å². The molecule has 1 unspecified atom stereocenters. The van der Waals surface area contributed by atoms with Crippen molar-refractivity contribution in [2.45, 2.75) is 38.6 Å². The van der Waals surface area contributed by atoms with Crippen LogP contribution in [0, 0.1) is 5.95 Å². The maximum atomic E-state index is 13.3. The van der Waals surface area contributed by atoms with Crippen LogP contribution >= 0.6 is 0 Å². The zero-order chi connectivity index (χ0) is 17.8. The van der Waals surface area contributed by atoms with Crippen LogP contribution in [0.25, 0.3) is 0 Å². The second-order valence-corrected chi connectivity index (χ2v) is 6.69. The van der Waals surface area contributed by atoms with Crippen molar-refractivity contribution in [1.29, 1.82) is 0 Å². The van der Waals surface area contributed by atoms with Crippen molar-refractivity contribution in [2.24, 2.45) is 0 Å². The number of halogens is 1. The van der Waals surface area contributed by atoms with Crippen molar-refractivity contribution >= 4 is 11.6 Å². The van der Waals surface area contributed by atoms with E-state index >= 15 is 0 Å². The Morgan fingerprint density at radius 2 is 1.92 bits per heavy atom. The Kier molecular flexibility index (Phi) is 5.31. The lowest BCUT2D eigenvalue weighted by molar-refractivity contribution is -0.119. The fourth-order valence-corrected chi connectivity index (χ4v) is 3.51. The number of carbonyl (C=O) groups is 1. The van der Waals surface area contributed by atoms with Crippen LogP contribution in [0.5, 0.6) is 0 Å². The average molecular weight is 341 g/mol. The van der Waals surface area contributed by atoms with Gasteiger partial charge >= 0.3 is 0 Å². The number of hydrogen-bond acceptors (Lipinski definition) is 3. The number of amides is 1. The van der Waals surface area contributed by atoms with Crippen LogP contribution in [0.15, 0.2) is 42.6 Å². The number of aromatic nitrogens is 1. The van der Waals surface area contributed by atoms with Crippen LogP contribution in [-0.2, 0) is 4.79 Å². The Bertz CT molecular complexity index is 724. The van der Waals surface area contributed by atoms with Crippen LogP contribution < -0.4 is 10.2 Å². The summed E-state index contributed by atoms with van der Waals surface area (Å²) in [6.07, 6.45) is 3.61.